The summed E-state index contributed by atoms with van der Waals surface area (Å²) in [4.78, 5) is 0.859. The number of hydrogen-bond acceptors (Lipinski definition) is 2. The van der Waals surface area contributed by atoms with E-state index in [9.17, 15) is 4.21 Å². The van der Waals surface area contributed by atoms with Crippen molar-refractivity contribution in [1.29, 1.82) is 0 Å². The van der Waals surface area contributed by atoms with Crippen molar-refractivity contribution in [2.24, 2.45) is 0 Å². The van der Waals surface area contributed by atoms with Crippen LogP contribution < -0.4 is 0 Å². The zero-order chi connectivity index (χ0) is 8.27. The number of rotatable bonds is 2. The fourth-order valence-corrected chi connectivity index (χ4v) is 1.36. The molecule has 0 fully saturated rings. The van der Waals surface area contributed by atoms with E-state index in [1.54, 1.807) is 24.3 Å². The van der Waals surface area contributed by atoms with Gasteiger partial charge in [-0.3, -0.25) is 0 Å². The number of thiol groups is 1. The fraction of sp³-hybridized carbons (Fsp3) is 0.143. The lowest BCUT2D eigenvalue weighted by Gasteiger charge is -1.96. The molecule has 0 aliphatic heterocycles. The maximum absolute atomic E-state index is 10.3. The molecule has 1 atom stereocenters. The molecule has 4 heteroatoms. The highest BCUT2D eigenvalue weighted by Crippen LogP contribution is 2.08. The van der Waals surface area contributed by atoms with Crippen LogP contribution in [0.25, 0.3) is 0 Å². The van der Waals surface area contributed by atoms with Gasteiger partial charge in [-0.25, -0.2) is 4.21 Å². The first-order valence-electron chi connectivity index (χ1n) is 3.04. The summed E-state index contributed by atoms with van der Waals surface area (Å²) >= 11 is 2.34. The molecule has 1 aromatic rings. The van der Waals surface area contributed by atoms with E-state index >= 15 is 0 Å². The van der Waals surface area contributed by atoms with Gasteiger partial charge in [-0.2, -0.15) is 0 Å². The van der Waals surface area contributed by atoms with Gasteiger partial charge in [0.25, 0.3) is 0 Å². The minimum absolute atomic E-state index is 0.189. The third-order valence-corrected chi connectivity index (χ3v) is 2.10. The summed E-state index contributed by atoms with van der Waals surface area (Å²) < 4.78 is 18.9. The van der Waals surface area contributed by atoms with Gasteiger partial charge in [-0.15, -0.1) is 12.6 Å². The lowest BCUT2D eigenvalue weighted by atomic mass is 10.2. The minimum Gasteiger partial charge on any atom is -0.306 e. The Morgan fingerprint density at radius 3 is 2.36 bits per heavy atom. The summed E-state index contributed by atoms with van der Waals surface area (Å²) in [5.41, 5.74) is 0.851. The molecule has 0 heterocycles. The molecular weight excluding hydrogens is 180 g/mol. The van der Waals surface area contributed by atoms with Crippen LogP contribution in [0.2, 0.25) is 0 Å². The minimum atomic E-state index is -1.75. The Bertz CT molecular complexity index is 256. The largest absolute Gasteiger partial charge is 0.306 e. The molecule has 0 aliphatic carbocycles. The molecule has 0 spiro atoms. The summed E-state index contributed by atoms with van der Waals surface area (Å²) in [5, 5.41) is 0. The first-order valence-corrected chi connectivity index (χ1v) is 4.76. The van der Waals surface area contributed by atoms with Crippen LogP contribution in [0.15, 0.2) is 29.2 Å². The van der Waals surface area contributed by atoms with Gasteiger partial charge in [0.05, 0.1) is 5.75 Å². The predicted molar refractivity (Wildman–Crippen MR) is 48.2 cm³/mol. The van der Waals surface area contributed by atoms with Gasteiger partial charge in [0, 0.05) is 4.90 Å². The Labute approximate surface area is 73.3 Å². The van der Waals surface area contributed by atoms with Crippen LogP contribution >= 0.6 is 12.6 Å². The molecule has 1 N–H and O–H groups in total. The number of benzene rings is 1. The fourth-order valence-electron chi connectivity index (χ4n) is 0.735. The van der Waals surface area contributed by atoms with Crippen molar-refractivity contribution in [2.75, 3.05) is 0 Å². The molecule has 11 heavy (non-hydrogen) atoms. The average molecular weight is 188 g/mol. The summed E-state index contributed by atoms with van der Waals surface area (Å²) in [6, 6.07) is 7.17. The van der Waals surface area contributed by atoms with Gasteiger partial charge in [0.1, 0.15) is 0 Å². The van der Waals surface area contributed by atoms with E-state index in [0.717, 1.165) is 10.5 Å². The topological polar surface area (TPSA) is 37.3 Å². The van der Waals surface area contributed by atoms with Crippen molar-refractivity contribution in [1.82, 2.24) is 0 Å². The van der Waals surface area contributed by atoms with Gasteiger partial charge in [0.2, 0.25) is 0 Å². The smallest absolute Gasteiger partial charge is 0.157 e. The molecule has 60 valence electrons. The van der Waals surface area contributed by atoms with Crippen molar-refractivity contribution < 1.29 is 8.76 Å². The van der Waals surface area contributed by atoms with Crippen LogP contribution in [0, 0.1) is 0 Å². The van der Waals surface area contributed by atoms with Crippen molar-refractivity contribution >= 4 is 23.7 Å². The third kappa shape index (κ3) is 3.05. The van der Waals surface area contributed by atoms with Crippen LogP contribution in [0.4, 0.5) is 0 Å². The lowest BCUT2D eigenvalue weighted by molar-refractivity contribution is 0.563. The van der Waals surface area contributed by atoms with Gasteiger partial charge in [-0.05, 0) is 17.7 Å². The van der Waals surface area contributed by atoms with Gasteiger partial charge in [-0.1, -0.05) is 12.1 Å². The molecule has 2 nitrogen and oxygen atoms in total. The highest BCUT2D eigenvalue weighted by Gasteiger charge is 1.95. The first kappa shape index (κ1) is 8.77. The summed E-state index contributed by atoms with van der Waals surface area (Å²) in [7, 11) is 0. The van der Waals surface area contributed by atoms with Crippen molar-refractivity contribution in [3.8, 4) is 0 Å². The lowest BCUT2D eigenvalue weighted by Crippen LogP contribution is -1.91. The number of hydrogen-bond donors (Lipinski definition) is 2. The summed E-state index contributed by atoms with van der Waals surface area (Å²) in [6.45, 7) is 0. The van der Waals surface area contributed by atoms with E-state index in [0.29, 0.717) is 0 Å². The van der Waals surface area contributed by atoms with Gasteiger partial charge in [0.15, 0.2) is 11.1 Å². The molecule has 0 aliphatic rings. The highest BCUT2D eigenvalue weighted by molar-refractivity contribution is 7.80. The van der Waals surface area contributed by atoms with Crippen LogP contribution in [0.3, 0.4) is 0 Å². The Morgan fingerprint density at radius 2 is 1.91 bits per heavy atom. The second kappa shape index (κ2) is 3.90. The molecule has 0 saturated carbocycles. The van der Waals surface area contributed by atoms with E-state index in [2.05, 4.69) is 12.6 Å². The maximum atomic E-state index is 10.3. The quantitative estimate of drug-likeness (QED) is 0.547. The van der Waals surface area contributed by atoms with E-state index in [4.69, 9.17) is 4.55 Å². The Balaban J connectivity index is 2.74. The van der Waals surface area contributed by atoms with Crippen molar-refractivity contribution in [3.05, 3.63) is 29.8 Å². The Hall–Kier alpha value is -0.320. The molecule has 0 amide bonds. The maximum Gasteiger partial charge on any atom is 0.157 e. The highest BCUT2D eigenvalue weighted by atomic mass is 32.2. The normalized spacial score (nSPS) is 12.9. The zero-order valence-corrected chi connectivity index (χ0v) is 7.44. The van der Waals surface area contributed by atoms with E-state index < -0.39 is 11.1 Å². The average Bonchev–Trinajstić information content (AvgIpc) is 1.93. The van der Waals surface area contributed by atoms with Gasteiger partial charge < -0.3 is 4.55 Å². The molecule has 1 aromatic carbocycles. The summed E-state index contributed by atoms with van der Waals surface area (Å²) in [5.74, 6) is 0.189. The van der Waals surface area contributed by atoms with Crippen molar-refractivity contribution in [2.45, 2.75) is 10.6 Å². The van der Waals surface area contributed by atoms with E-state index in [1.165, 1.54) is 0 Å². The predicted octanol–water partition coefficient (Wildman–Crippen LogP) is 1.70. The second-order valence-electron chi connectivity index (χ2n) is 2.13. The molecule has 1 unspecified atom stereocenters. The third-order valence-electron chi connectivity index (χ3n) is 1.23. The van der Waals surface area contributed by atoms with E-state index in [1.807, 2.05) is 0 Å². The Morgan fingerprint density at radius 1 is 1.36 bits per heavy atom. The molecule has 0 saturated heterocycles. The van der Waals surface area contributed by atoms with Crippen LogP contribution in [-0.2, 0) is 16.8 Å². The standard InChI is InChI=1S/C7H8O2S2/c8-11(9)5-6-1-3-7(10)4-2-6/h1-4,10H,5H2,(H,8,9). The second-order valence-corrected chi connectivity index (χ2v) is 3.58. The SMILES string of the molecule is O=S(O)Cc1ccc(S)cc1. The zero-order valence-electron chi connectivity index (χ0n) is 5.73. The van der Waals surface area contributed by atoms with Gasteiger partial charge >= 0.3 is 0 Å². The van der Waals surface area contributed by atoms with Crippen LogP contribution in [0.1, 0.15) is 5.56 Å². The molecule has 1 rings (SSSR count). The Kier molecular flexibility index (Phi) is 3.11. The van der Waals surface area contributed by atoms with Crippen LogP contribution in [-0.4, -0.2) is 8.76 Å². The molecule has 0 bridgehead atoms. The first-order chi connectivity index (χ1) is 5.18. The molecule has 0 radical (unpaired) electrons. The van der Waals surface area contributed by atoms with Crippen molar-refractivity contribution in [3.63, 3.8) is 0 Å². The molecular formula is C7H8O2S2. The monoisotopic (exact) mass is 188 g/mol. The summed E-state index contributed by atoms with van der Waals surface area (Å²) in [6.07, 6.45) is 0. The van der Waals surface area contributed by atoms with Crippen LogP contribution in [0.5, 0.6) is 0 Å². The van der Waals surface area contributed by atoms with E-state index in [-0.39, 0.29) is 5.75 Å². The molecule has 0 aromatic heterocycles.